The maximum absolute atomic E-state index is 11.3. The van der Waals surface area contributed by atoms with Gasteiger partial charge in [0.05, 0.1) is 5.75 Å². The Labute approximate surface area is 177 Å². The van der Waals surface area contributed by atoms with Gasteiger partial charge in [-0.1, -0.05) is 12.1 Å². The molecule has 1 atom stereocenters. The fourth-order valence-electron chi connectivity index (χ4n) is 4.32. The molecule has 0 amide bonds. The second-order valence-corrected chi connectivity index (χ2v) is 9.68. The number of hydrogen-bond acceptors (Lipinski definition) is 8. The van der Waals surface area contributed by atoms with E-state index < -0.39 is 10.0 Å². The summed E-state index contributed by atoms with van der Waals surface area (Å²) in [4.78, 5) is 18.1. The van der Waals surface area contributed by atoms with E-state index in [1.165, 1.54) is 32.3 Å². The van der Waals surface area contributed by atoms with E-state index >= 15 is 0 Å². The topological polar surface area (TPSA) is 117 Å². The van der Waals surface area contributed by atoms with E-state index in [-0.39, 0.29) is 5.75 Å². The number of nitrogens with one attached hydrogen (secondary N) is 1. The van der Waals surface area contributed by atoms with E-state index in [1.54, 1.807) is 18.2 Å². The number of hydrogen-bond donors (Lipinski definition) is 2. The summed E-state index contributed by atoms with van der Waals surface area (Å²) in [6, 6.07) is 7.54. The Balaban J connectivity index is 1.42. The van der Waals surface area contributed by atoms with E-state index in [2.05, 4.69) is 30.1 Å². The van der Waals surface area contributed by atoms with Gasteiger partial charge in [0.1, 0.15) is 6.33 Å². The van der Waals surface area contributed by atoms with Crippen LogP contribution in [0.15, 0.2) is 30.6 Å². The lowest BCUT2D eigenvalue weighted by Gasteiger charge is -2.26. The number of sulfonamides is 1. The maximum atomic E-state index is 11.3. The SMILES string of the molecule is NS(=O)(=O)Cc1cccc(Nc2ncnc(N3CCCC3CCN3CCCC3)n2)c1. The molecule has 1 unspecified atom stereocenters. The van der Waals surface area contributed by atoms with Crippen LogP contribution in [-0.2, 0) is 15.8 Å². The van der Waals surface area contributed by atoms with Crippen molar-refractivity contribution in [2.45, 2.75) is 43.9 Å². The number of likely N-dealkylation sites (tertiary alicyclic amines) is 1. The quantitative estimate of drug-likeness (QED) is 0.650. The molecule has 3 N–H and O–H groups in total. The molecule has 2 aromatic rings. The molecule has 4 rings (SSSR count). The van der Waals surface area contributed by atoms with Crippen molar-refractivity contribution in [3.63, 3.8) is 0 Å². The van der Waals surface area contributed by atoms with Crippen LogP contribution in [0.25, 0.3) is 0 Å². The van der Waals surface area contributed by atoms with E-state index in [1.807, 2.05) is 6.07 Å². The smallest absolute Gasteiger partial charge is 0.231 e. The zero-order valence-electron chi connectivity index (χ0n) is 17.1. The van der Waals surface area contributed by atoms with Gasteiger partial charge in [-0.3, -0.25) is 0 Å². The van der Waals surface area contributed by atoms with Gasteiger partial charge in [-0.25, -0.2) is 23.5 Å². The Hall–Kier alpha value is -2.30. The first kappa shape index (κ1) is 21.0. The van der Waals surface area contributed by atoms with Crippen molar-refractivity contribution in [3.05, 3.63) is 36.2 Å². The number of benzene rings is 1. The second-order valence-electron chi connectivity index (χ2n) is 8.07. The molecule has 9 nitrogen and oxygen atoms in total. The molecular formula is C20H29N7O2S. The van der Waals surface area contributed by atoms with Crippen LogP contribution in [0.1, 0.15) is 37.7 Å². The summed E-state index contributed by atoms with van der Waals surface area (Å²) in [5.74, 6) is 0.923. The third-order valence-electron chi connectivity index (χ3n) is 5.72. The van der Waals surface area contributed by atoms with Gasteiger partial charge in [-0.2, -0.15) is 4.98 Å². The van der Waals surface area contributed by atoms with E-state index in [0.29, 0.717) is 29.2 Å². The minimum Gasteiger partial charge on any atom is -0.338 e. The molecule has 1 aromatic carbocycles. The molecule has 2 aliphatic heterocycles. The molecule has 1 aromatic heterocycles. The molecule has 0 aliphatic carbocycles. The minimum atomic E-state index is -3.58. The highest BCUT2D eigenvalue weighted by atomic mass is 32.2. The predicted octanol–water partition coefficient (Wildman–Crippen LogP) is 1.86. The highest BCUT2D eigenvalue weighted by Crippen LogP contribution is 2.26. The minimum absolute atomic E-state index is 0.211. The van der Waals surface area contributed by atoms with Crippen molar-refractivity contribution in [2.24, 2.45) is 5.14 Å². The Morgan fingerprint density at radius 1 is 1.13 bits per heavy atom. The summed E-state index contributed by atoms with van der Waals surface area (Å²) in [5, 5.41) is 8.30. The third-order valence-corrected chi connectivity index (χ3v) is 6.46. The number of aromatic nitrogens is 3. The first-order chi connectivity index (χ1) is 14.5. The first-order valence-corrected chi connectivity index (χ1v) is 12.2. The molecule has 2 saturated heterocycles. The Bertz CT molecular complexity index is 963. The molecule has 0 spiro atoms. The zero-order valence-corrected chi connectivity index (χ0v) is 17.9. The van der Waals surface area contributed by atoms with Crippen LogP contribution in [0.5, 0.6) is 0 Å². The molecule has 2 fully saturated rings. The summed E-state index contributed by atoms with van der Waals surface area (Å²) in [7, 11) is -3.58. The average molecular weight is 432 g/mol. The highest BCUT2D eigenvalue weighted by Gasteiger charge is 2.27. The maximum Gasteiger partial charge on any atom is 0.231 e. The van der Waals surface area contributed by atoms with Crippen LogP contribution in [-0.4, -0.2) is 60.5 Å². The first-order valence-electron chi connectivity index (χ1n) is 10.5. The van der Waals surface area contributed by atoms with Gasteiger partial charge in [0.2, 0.25) is 21.9 Å². The number of rotatable bonds is 8. The molecule has 0 saturated carbocycles. The van der Waals surface area contributed by atoms with E-state index in [4.69, 9.17) is 5.14 Å². The number of nitrogens with two attached hydrogens (primary N) is 1. The van der Waals surface area contributed by atoms with Crippen molar-refractivity contribution in [1.29, 1.82) is 0 Å². The number of anilines is 3. The van der Waals surface area contributed by atoms with Crippen molar-refractivity contribution in [2.75, 3.05) is 36.4 Å². The second kappa shape index (κ2) is 9.23. The average Bonchev–Trinajstić information content (AvgIpc) is 3.37. The largest absolute Gasteiger partial charge is 0.338 e. The van der Waals surface area contributed by atoms with Crippen LogP contribution in [0.3, 0.4) is 0 Å². The van der Waals surface area contributed by atoms with Gasteiger partial charge >= 0.3 is 0 Å². The van der Waals surface area contributed by atoms with Crippen LogP contribution in [0.2, 0.25) is 0 Å². The van der Waals surface area contributed by atoms with Gasteiger partial charge in [-0.05, 0) is 62.9 Å². The molecule has 0 bridgehead atoms. The summed E-state index contributed by atoms with van der Waals surface area (Å²) >= 11 is 0. The van der Waals surface area contributed by atoms with Gasteiger partial charge in [-0.15, -0.1) is 0 Å². The van der Waals surface area contributed by atoms with E-state index in [9.17, 15) is 8.42 Å². The third kappa shape index (κ3) is 5.65. The lowest BCUT2D eigenvalue weighted by atomic mass is 10.1. The van der Waals surface area contributed by atoms with Crippen molar-refractivity contribution >= 4 is 27.6 Å². The fraction of sp³-hybridized carbons (Fsp3) is 0.550. The Morgan fingerprint density at radius 3 is 2.77 bits per heavy atom. The number of nitrogens with zero attached hydrogens (tertiary/aromatic N) is 5. The molecule has 3 heterocycles. The van der Waals surface area contributed by atoms with Crippen molar-refractivity contribution in [3.8, 4) is 0 Å². The van der Waals surface area contributed by atoms with Crippen LogP contribution in [0.4, 0.5) is 17.6 Å². The monoisotopic (exact) mass is 431 g/mol. The highest BCUT2D eigenvalue weighted by molar-refractivity contribution is 7.88. The predicted molar refractivity (Wildman–Crippen MR) is 117 cm³/mol. The van der Waals surface area contributed by atoms with Gasteiger partial charge in [0, 0.05) is 24.8 Å². The zero-order chi connectivity index (χ0) is 21.0. The number of primary sulfonamides is 1. The lowest BCUT2D eigenvalue weighted by Crippen LogP contribution is -2.34. The van der Waals surface area contributed by atoms with Gasteiger partial charge < -0.3 is 15.1 Å². The summed E-state index contributed by atoms with van der Waals surface area (Å²) in [6.45, 7) is 4.53. The van der Waals surface area contributed by atoms with Gasteiger partial charge in [0.25, 0.3) is 0 Å². The molecule has 10 heteroatoms. The molecule has 162 valence electrons. The van der Waals surface area contributed by atoms with E-state index in [0.717, 1.165) is 32.4 Å². The van der Waals surface area contributed by atoms with Crippen molar-refractivity contribution < 1.29 is 8.42 Å². The molecular weight excluding hydrogens is 402 g/mol. The van der Waals surface area contributed by atoms with Crippen molar-refractivity contribution in [1.82, 2.24) is 19.9 Å². The normalized spacial score (nSPS) is 20.0. The summed E-state index contributed by atoms with van der Waals surface area (Å²) in [5.41, 5.74) is 1.32. The Kier molecular flexibility index (Phi) is 6.45. The Morgan fingerprint density at radius 2 is 1.97 bits per heavy atom. The lowest BCUT2D eigenvalue weighted by molar-refractivity contribution is 0.321. The summed E-state index contributed by atoms with van der Waals surface area (Å²) < 4.78 is 22.7. The summed E-state index contributed by atoms with van der Waals surface area (Å²) in [6.07, 6.45) is 7.59. The van der Waals surface area contributed by atoms with Gasteiger partial charge in [0.15, 0.2) is 0 Å². The molecule has 0 radical (unpaired) electrons. The van der Waals surface area contributed by atoms with Crippen LogP contribution < -0.4 is 15.4 Å². The fourth-order valence-corrected chi connectivity index (χ4v) is 4.97. The van der Waals surface area contributed by atoms with Crippen LogP contribution >= 0.6 is 0 Å². The standard InChI is InChI=1S/C20H29N7O2S/c21-30(28,29)14-16-5-3-6-17(13-16)24-19-22-15-23-20(25-19)27-11-4-7-18(27)8-12-26-9-1-2-10-26/h3,5-6,13,15,18H,1-2,4,7-12,14H2,(H2,21,28,29)(H,22,23,24,25). The van der Waals surface area contributed by atoms with Crippen LogP contribution in [0, 0.1) is 0 Å². The molecule has 30 heavy (non-hydrogen) atoms. The molecule has 2 aliphatic rings.